The van der Waals surface area contributed by atoms with Crippen molar-refractivity contribution >= 4 is 15.9 Å². The Morgan fingerprint density at radius 1 is 0.955 bits per heavy atom. The summed E-state index contributed by atoms with van der Waals surface area (Å²) in [5, 5.41) is 8.34. The van der Waals surface area contributed by atoms with Gasteiger partial charge in [-0.2, -0.15) is 0 Å². The topological polar surface area (TPSA) is 95.5 Å². The summed E-state index contributed by atoms with van der Waals surface area (Å²) in [5.41, 5.74) is 3.36. The van der Waals surface area contributed by atoms with Crippen molar-refractivity contribution in [1.82, 2.24) is 10.2 Å². The fraction of sp³-hybridized carbons (Fsp3) is 0.133. The molecule has 116 valence electrons. The van der Waals surface area contributed by atoms with Crippen molar-refractivity contribution in [2.45, 2.75) is 11.3 Å². The van der Waals surface area contributed by atoms with Gasteiger partial charge in [0.05, 0.1) is 4.90 Å². The van der Waals surface area contributed by atoms with Crippen LogP contribution in [-0.4, -0.2) is 26.1 Å². The highest BCUT2D eigenvalue weighted by molar-refractivity contribution is 7.89. The zero-order valence-corrected chi connectivity index (χ0v) is 12.5. The highest BCUT2D eigenvalue weighted by Crippen LogP contribution is 2.20. The summed E-state index contributed by atoms with van der Waals surface area (Å²) in [6.07, 6.45) is -0.141. The molecule has 0 bridgehead atoms. The van der Waals surface area contributed by atoms with Crippen LogP contribution in [0.4, 0.5) is 0 Å². The number of sulfonamides is 1. The molecule has 7 heteroatoms. The molecule has 0 aromatic heterocycles. The van der Waals surface area contributed by atoms with Crippen LogP contribution >= 0.6 is 0 Å². The average molecular weight is 320 g/mol. The monoisotopic (exact) mass is 320 g/mol. The van der Waals surface area contributed by atoms with Gasteiger partial charge in [-0.25, -0.2) is 18.6 Å². The second-order valence-electron chi connectivity index (χ2n) is 4.57. The fourth-order valence-corrected chi connectivity index (χ4v) is 2.93. The third-order valence-corrected chi connectivity index (χ3v) is 4.52. The quantitative estimate of drug-likeness (QED) is 0.555. The Balaban J connectivity index is 2.07. The van der Waals surface area contributed by atoms with E-state index in [4.69, 9.17) is 5.21 Å². The lowest BCUT2D eigenvalue weighted by Crippen LogP contribution is -2.29. The predicted octanol–water partition coefficient (Wildman–Crippen LogP) is 1.53. The molecule has 0 spiro atoms. The first-order chi connectivity index (χ1) is 10.5. The molecular weight excluding hydrogens is 304 g/mol. The first-order valence-corrected chi connectivity index (χ1v) is 8.09. The van der Waals surface area contributed by atoms with Crippen molar-refractivity contribution in [2.75, 3.05) is 6.54 Å². The molecule has 0 aliphatic carbocycles. The predicted molar refractivity (Wildman–Crippen MR) is 81.6 cm³/mol. The van der Waals surface area contributed by atoms with Crippen molar-refractivity contribution < 1.29 is 18.4 Å². The number of amides is 1. The lowest BCUT2D eigenvalue weighted by atomic mass is 10.1. The Labute approximate surface area is 128 Å². The number of carbonyl (C=O) groups excluding carboxylic acids is 1. The molecule has 2 rings (SSSR count). The molecule has 0 aliphatic rings. The maximum Gasteiger partial charge on any atom is 0.244 e. The molecule has 0 saturated heterocycles. The minimum atomic E-state index is -3.67. The highest BCUT2D eigenvalue weighted by atomic mass is 32.2. The fourth-order valence-electron chi connectivity index (χ4n) is 1.90. The van der Waals surface area contributed by atoms with E-state index in [2.05, 4.69) is 4.72 Å². The number of benzene rings is 2. The molecule has 6 nitrogen and oxygen atoms in total. The lowest BCUT2D eigenvalue weighted by molar-refractivity contribution is -0.129. The van der Waals surface area contributed by atoms with Crippen LogP contribution in [0.25, 0.3) is 11.1 Å². The van der Waals surface area contributed by atoms with Crippen LogP contribution in [0.15, 0.2) is 59.5 Å². The van der Waals surface area contributed by atoms with Crippen molar-refractivity contribution in [3.05, 3.63) is 54.6 Å². The Hall–Kier alpha value is -2.22. The summed E-state index contributed by atoms with van der Waals surface area (Å²) in [6.45, 7) is -0.0881. The smallest absolute Gasteiger partial charge is 0.244 e. The van der Waals surface area contributed by atoms with E-state index in [1.807, 2.05) is 30.3 Å². The van der Waals surface area contributed by atoms with Gasteiger partial charge >= 0.3 is 0 Å². The van der Waals surface area contributed by atoms with Gasteiger partial charge in [0.1, 0.15) is 0 Å². The van der Waals surface area contributed by atoms with Crippen LogP contribution in [0.1, 0.15) is 6.42 Å². The number of hydrogen-bond acceptors (Lipinski definition) is 4. The maximum absolute atomic E-state index is 12.0. The van der Waals surface area contributed by atoms with Crippen molar-refractivity contribution in [3.8, 4) is 11.1 Å². The Morgan fingerprint density at radius 3 is 2.14 bits per heavy atom. The highest BCUT2D eigenvalue weighted by Gasteiger charge is 2.14. The van der Waals surface area contributed by atoms with Gasteiger partial charge in [-0.15, -0.1) is 0 Å². The van der Waals surface area contributed by atoms with Crippen LogP contribution in [0.5, 0.6) is 0 Å². The minimum Gasteiger partial charge on any atom is -0.289 e. The molecule has 0 unspecified atom stereocenters. The molecular formula is C15H16N2O4S. The first-order valence-electron chi connectivity index (χ1n) is 6.61. The van der Waals surface area contributed by atoms with Crippen molar-refractivity contribution in [3.63, 3.8) is 0 Å². The second kappa shape index (κ2) is 7.17. The minimum absolute atomic E-state index is 0.0881. The van der Waals surface area contributed by atoms with E-state index in [0.717, 1.165) is 11.1 Å². The van der Waals surface area contributed by atoms with Gasteiger partial charge in [0.25, 0.3) is 0 Å². The summed E-state index contributed by atoms with van der Waals surface area (Å²) in [6, 6.07) is 16.1. The SMILES string of the molecule is O=C(CCNS(=O)(=O)c1ccc(-c2ccccc2)cc1)NO. The van der Waals surface area contributed by atoms with Gasteiger partial charge in [-0.1, -0.05) is 42.5 Å². The number of hydroxylamine groups is 1. The average Bonchev–Trinajstić information content (AvgIpc) is 2.55. The van der Waals surface area contributed by atoms with Crippen LogP contribution in [0.3, 0.4) is 0 Å². The Bertz CT molecular complexity index is 728. The van der Waals surface area contributed by atoms with E-state index in [1.165, 1.54) is 17.6 Å². The maximum atomic E-state index is 12.0. The van der Waals surface area contributed by atoms with Gasteiger partial charge < -0.3 is 0 Å². The molecule has 0 heterocycles. The summed E-state index contributed by atoms with van der Waals surface area (Å²) in [7, 11) is -3.67. The number of rotatable bonds is 6. The summed E-state index contributed by atoms with van der Waals surface area (Å²) < 4.78 is 26.4. The molecule has 2 aromatic carbocycles. The van der Waals surface area contributed by atoms with E-state index in [1.54, 1.807) is 12.1 Å². The van der Waals surface area contributed by atoms with Gasteiger partial charge in [0.15, 0.2) is 0 Å². The van der Waals surface area contributed by atoms with E-state index in [9.17, 15) is 13.2 Å². The van der Waals surface area contributed by atoms with E-state index in [0.29, 0.717) is 0 Å². The van der Waals surface area contributed by atoms with E-state index in [-0.39, 0.29) is 17.9 Å². The number of nitrogens with one attached hydrogen (secondary N) is 2. The molecule has 1 amide bonds. The number of carbonyl (C=O) groups is 1. The molecule has 3 N–H and O–H groups in total. The summed E-state index contributed by atoms with van der Waals surface area (Å²) >= 11 is 0. The molecule has 0 fully saturated rings. The van der Waals surface area contributed by atoms with Crippen LogP contribution in [0, 0.1) is 0 Å². The van der Waals surface area contributed by atoms with Gasteiger partial charge in [0, 0.05) is 13.0 Å². The van der Waals surface area contributed by atoms with Crippen LogP contribution in [-0.2, 0) is 14.8 Å². The molecule has 0 aliphatic heterocycles. The van der Waals surface area contributed by atoms with Gasteiger partial charge in [0.2, 0.25) is 15.9 Å². The third kappa shape index (κ3) is 4.14. The normalized spacial score (nSPS) is 11.1. The van der Waals surface area contributed by atoms with Crippen LogP contribution in [0.2, 0.25) is 0 Å². The zero-order valence-electron chi connectivity index (χ0n) is 11.7. The Kier molecular flexibility index (Phi) is 5.26. The molecule has 22 heavy (non-hydrogen) atoms. The molecule has 0 radical (unpaired) electrons. The summed E-state index contributed by atoms with van der Waals surface area (Å²) in [4.78, 5) is 11.0. The molecule has 2 aromatic rings. The van der Waals surface area contributed by atoms with Crippen molar-refractivity contribution in [2.24, 2.45) is 0 Å². The standard InChI is InChI=1S/C15H16N2O4S/c18-15(17-19)10-11-16-22(20,21)14-8-6-13(7-9-14)12-4-2-1-3-5-12/h1-9,16,19H,10-11H2,(H,17,18). The van der Waals surface area contributed by atoms with Crippen LogP contribution < -0.4 is 10.2 Å². The summed E-state index contributed by atoms with van der Waals surface area (Å²) in [5.74, 6) is -0.651. The first kappa shape index (κ1) is 16.2. The Morgan fingerprint density at radius 2 is 1.55 bits per heavy atom. The molecule has 0 atom stereocenters. The lowest BCUT2D eigenvalue weighted by Gasteiger charge is -2.07. The van der Waals surface area contributed by atoms with Gasteiger partial charge in [-0.05, 0) is 23.3 Å². The molecule has 0 saturated carbocycles. The number of hydrogen-bond donors (Lipinski definition) is 3. The third-order valence-electron chi connectivity index (χ3n) is 3.04. The van der Waals surface area contributed by atoms with Crippen molar-refractivity contribution in [1.29, 1.82) is 0 Å². The van der Waals surface area contributed by atoms with E-state index >= 15 is 0 Å². The zero-order chi connectivity index (χ0) is 16.0. The van der Waals surface area contributed by atoms with E-state index < -0.39 is 15.9 Å². The second-order valence-corrected chi connectivity index (χ2v) is 6.34. The largest absolute Gasteiger partial charge is 0.289 e. The van der Waals surface area contributed by atoms with Gasteiger partial charge in [-0.3, -0.25) is 10.0 Å².